The van der Waals surface area contributed by atoms with Crippen molar-refractivity contribution in [2.45, 2.75) is 37.6 Å². The summed E-state index contributed by atoms with van der Waals surface area (Å²) in [6.07, 6.45) is -0.529. The first-order valence-electron chi connectivity index (χ1n) is 6.43. The van der Waals surface area contributed by atoms with Gasteiger partial charge in [-0.1, -0.05) is 29.8 Å². The van der Waals surface area contributed by atoms with Crippen molar-refractivity contribution >= 4 is 33.4 Å². The average Bonchev–Trinajstić information content (AvgIpc) is 2.41. The largest absolute Gasteiger partial charge is 0.418 e. The highest BCUT2D eigenvalue weighted by atomic mass is 79.9. The predicted octanol–water partition coefficient (Wildman–Crippen LogP) is 5.80. The highest BCUT2D eigenvalue weighted by molar-refractivity contribution is 9.10. The summed E-state index contributed by atoms with van der Waals surface area (Å²) < 4.78 is 39.5. The van der Waals surface area contributed by atoms with Crippen molar-refractivity contribution in [2.24, 2.45) is 0 Å². The van der Waals surface area contributed by atoms with Gasteiger partial charge in [0.1, 0.15) is 0 Å². The van der Waals surface area contributed by atoms with Crippen molar-refractivity contribution in [3.05, 3.63) is 28.2 Å². The minimum atomic E-state index is -4.35. The third-order valence-electron chi connectivity index (χ3n) is 3.61. The van der Waals surface area contributed by atoms with Gasteiger partial charge in [0.15, 0.2) is 0 Å². The van der Waals surface area contributed by atoms with E-state index in [2.05, 4.69) is 35.1 Å². The van der Waals surface area contributed by atoms with E-state index in [0.717, 1.165) is 18.9 Å². The molecule has 1 rings (SSSR count). The molecule has 0 spiro atoms. The molecule has 0 bridgehead atoms. The summed E-state index contributed by atoms with van der Waals surface area (Å²) in [6.45, 7) is 4.65. The number of halogens is 4. The van der Waals surface area contributed by atoms with Gasteiger partial charge in [-0.2, -0.15) is 24.9 Å². The fourth-order valence-electron chi connectivity index (χ4n) is 2.02. The average molecular weight is 370 g/mol. The van der Waals surface area contributed by atoms with Crippen LogP contribution in [-0.4, -0.2) is 17.5 Å². The molecule has 0 radical (unpaired) electrons. The van der Waals surface area contributed by atoms with Gasteiger partial charge in [0, 0.05) is 21.5 Å². The SMILES string of the molecule is CCC(CC)(CNc1ccc(Br)cc1C(F)(F)F)SC. The first kappa shape index (κ1) is 17.7. The standard InChI is InChI=1S/C14H19BrF3NS/c1-4-13(5-2,20-3)9-19-12-7-6-10(15)8-11(12)14(16,17)18/h6-8,19H,4-5,9H2,1-3H3. The number of nitrogens with one attached hydrogen (secondary N) is 1. The molecular weight excluding hydrogens is 351 g/mol. The van der Waals surface area contributed by atoms with Gasteiger partial charge in [-0.05, 0) is 37.3 Å². The Morgan fingerprint density at radius 2 is 1.80 bits per heavy atom. The third-order valence-corrected chi connectivity index (χ3v) is 5.69. The lowest BCUT2D eigenvalue weighted by Gasteiger charge is -2.31. The van der Waals surface area contributed by atoms with E-state index >= 15 is 0 Å². The molecule has 0 amide bonds. The molecule has 0 heterocycles. The second kappa shape index (κ2) is 7.07. The minimum absolute atomic E-state index is 0.0318. The molecule has 1 aromatic rings. The van der Waals surface area contributed by atoms with Crippen molar-refractivity contribution in [3.63, 3.8) is 0 Å². The molecule has 0 saturated heterocycles. The highest BCUT2D eigenvalue weighted by Gasteiger charge is 2.34. The van der Waals surface area contributed by atoms with E-state index in [1.165, 1.54) is 6.07 Å². The maximum Gasteiger partial charge on any atom is 0.418 e. The van der Waals surface area contributed by atoms with Crippen LogP contribution in [-0.2, 0) is 6.18 Å². The third kappa shape index (κ3) is 4.32. The van der Waals surface area contributed by atoms with Gasteiger partial charge < -0.3 is 5.32 Å². The predicted molar refractivity (Wildman–Crippen MR) is 84.5 cm³/mol. The lowest BCUT2D eigenvalue weighted by atomic mass is 10.0. The normalized spacial score (nSPS) is 12.6. The number of hydrogen-bond acceptors (Lipinski definition) is 2. The van der Waals surface area contributed by atoms with Crippen LogP contribution in [0.2, 0.25) is 0 Å². The van der Waals surface area contributed by atoms with Gasteiger partial charge in [-0.25, -0.2) is 0 Å². The van der Waals surface area contributed by atoms with Crippen LogP contribution in [0.25, 0.3) is 0 Å². The van der Waals surface area contributed by atoms with E-state index in [1.54, 1.807) is 17.8 Å². The van der Waals surface area contributed by atoms with Crippen LogP contribution in [0.5, 0.6) is 0 Å². The Hall–Kier alpha value is -0.360. The first-order valence-corrected chi connectivity index (χ1v) is 8.45. The second-order valence-corrected chi connectivity index (χ2v) is 6.83. The summed E-state index contributed by atoms with van der Waals surface area (Å²) in [5.74, 6) is 0. The quantitative estimate of drug-likeness (QED) is 0.679. The summed E-state index contributed by atoms with van der Waals surface area (Å²) in [5, 5.41) is 2.98. The molecule has 1 N–H and O–H groups in total. The van der Waals surface area contributed by atoms with E-state index in [9.17, 15) is 13.2 Å². The lowest BCUT2D eigenvalue weighted by molar-refractivity contribution is -0.137. The fourth-order valence-corrected chi connectivity index (χ4v) is 3.18. The molecule has 20 heavy (non-hydrogen) atoms. The Morgan fingerprint density at radius 1 is 1.20 bits per heavy atom. The van der Waals surface area contributed by atoms with Crippen LogP contribution in [0, 0.1) is 0 Å². The van der Waals surface area contributed by atoms with Crippen molar-refractivity contribution in [2.75, 3.05) is 18.1 Å². The first-order chi connectivity index (χ1) is 9.28. The Labute approximate surface area is 130 Å². The monoisotopic (exact) mass is 369 g/mol. The second-order valence-electron chi connectivity index (χ2n) is 4.64. The van der Waals surface area contributed by atoms with Crippen molar-refractivity contribution in [1.29, 1.82) is 0 Å². The minimum Gasteiger partial charge on any atom is -0.383 e. The molecule has 1 nitrogen and oxygen atoms in total. The van der Waals surface area contributed by atoms with Gasteiger partial charge in [0.05, 0.1) is 5.56 Å². The summed E-state index contributed by atoms with van der Waals surface area (Å²) in [4.78, 5) is 0. The van der Waals surface area contributed by atoms with Crippen molar-refractivity contribution in [1.82, 2.24) is 0 Å². The van der Waals surface area contributed by atoms with Crippen LogP contribution in [0.3, 0.4) is 0 Å². The van der Waals surface area contributed by atoms with Gasteiger partial charge in [0.25, 0.3) is 0 Å². The van der Waals surface area contributed by atoms with Crippen molar-refractivity contribution in [3.8, 4) is 0 Å². The fraction of sp³-hybridized carbons (Fsp3) is 0.571. The number of anilines is 1. The van der Waals surface area contributed by atoms with E-state index < -0.39 is 11.7 Å². The zero-order chi connectivity index (χ0) is 15.4. The highest BCUT2D eigenvalue weighted by Crippen LogP contribution is 2.38. The molecule has 0 aliphatic carbocycles. The molecule has 0 aliphatic rings. The molecule has 0 aromatic heterocycles. The molecule has 0 unspecified atom stereocenters. The maximum atomic E-state index is 13.0. The Bertz CT molecular complexity index is 436. The van der Waals surface area contributed by atoms with Gasteiger partial charge in [-0.3, -0.25) is 0 Å². The molecule has 0 fully saturated rings. The number of thioether (sulfide) groups is 1. The topological polar surface area (TPSA) is 12.0 Å². The molecule has 0 atom stereocenters. The zero-order valence-electron chi connectivity index (χ0n) is 11.8. The Kier molecular flexibility index (Phi) is 6.25. The van der Waals surface area contributed by atoms with E-state index in [4.69, 9.17) is 0 Å². The molecule has 0 aliphatic heterocycles. The van der Waals surface area contributed by atoms with Gasteiger partial charge in [-0.15, -0.1) is 0 Å². The van der Waals surface area contributed by atoms with Crippen LogP contribution < -0.4 is 5.32 Å². The smallest absolute Gasteiger partial charge is 0.383 e. The zero-order valence-corrected chi connectivity index (χ0v) is 14.2. The number of benzene rings is 1. The maximum absolute atomic E-state index is 13.0. The number of rotatable bonds is 6. The molecule has 114 valence electrons. The molecule has 0 saturated carbocycles. The lowest BCUT2D eigenvalue weighted by Crippen LogP contribution is -2.32. The van der Waals surface area contributed by atoms with Gasteiger partial charge >= 0.3 is 6.18 Å². The van der Waals surface area contributed by atoms with E-state index in [0.29, 0.717) is 11.0 Å². The van der Waals surface area contributed by atoms with Crippen LogP contribution in [0.15, 0.2) is 22.7 Å². The van der Waals surface area contributed by atoms with Gasteiger partial charge in [0.2, 0.25) is 0 Å². The number of hydrogen-bond donors (Lipinski definition) is 1. The van der Waals surface area contributed by atoms with E-state index in [1.807, 2.05) is 6.26 Å². The molecule has 1 aromatic carbocycles. The summed E-state index contributed by atoms with van der Waals surface area (Å²) in [7, 11) is 0. The molecular formula is C14H19BrF3NS. The van der Waals surface area contributed by atoms with Crippen LogP contribution in [0.1, 0.15) is 32.3 Å². The summed E-state index contributed by atoms with van der Waals surface area (Å²) in [5.41, 5.74) is -0.491. The Morgan fingerprint density at radius 3 is 2.25 bits per heavy atom. The number of alkyl halides is 3. The van der Waals surface area contributed by atoms with Crippen molar-refractivity contribution < 1.29 is 13.2 Å². The van der Waals surface area contributed by atoms with E-state index in [-0.39, 0.29) is 10.4 Å². The molecule has 6 heteroatoms. The summed E-state index contributed by atoms with van der Waals surface area (Å²) in [6, 6.07) is 4.21. The van der Waals surface area contributed by atoms with Crippen LogP contribution >= 0.6 is 27.7 Å². The summed E-state index contributed by atoms with van der Waals surface area (Å²) >= 11 is 4.79. The van der Waals surface area contributed by atoms with Crippen LogP contribution in [0.4, 0.5) is 18.9 Å². The Balaban J connectivity index is 2.98.